The standard InChI is InChI=1S/C13H30O7P2/c1-3-5-7-8-9-10-11-13(21(14,15)16,22(17,18)19)20-12-6-4-2/h3-12H2,1-2H3,(H2,14,15,16)(H2,17,18,19). The van der Waals surface area contributed by atoms with E-state index in [0.29, 0.717) is 25.7 Å². The minimum Gasteiger partial charge on any atom is -0.352 e. The van der Waals surface area contributed by atoms with Gasteiger partial charge in [-0.1, -0.05) is 52.4 Å². The van der Waals surface area contributed by atoms with Gasteiger partial charge in [-0.3, -0.25) is 9.13 Å². The van der Waals surface area contributed by atoms with Crippen LogP contribution in [-0.4, -0.2) is 31.3 Å². The molecule has 0 aromatic carbocycles. The Labute approximate surface area is 132 Å². The highest BCUT2D eigenvalue weighted by Gasteiger charge is 2.61. The largest absolute Gasteiger partial charge is 0.369 e. The normalized spacial score (nSPS) is 13.5. The second-order valence-corrected chi connectivity index (χ2v) is 9.52. The molecule has 0 aliphatic carbocycles. The van der Waals surface area contributed by atoms with E-state index in [2.05, 4.69) is 6.92 Å². The Hall–Kier alpha value is 0.260. The third-order valence-corrected chi connectivity index (χ3v) is 7.69. The molecule has 0 amide bonds. The van der Waals surface area contributed by atoms with Crippen LogP contribution in [0, 0.1) is 0 Å². The van der Waals surface area contributed by atoms with Crippen LogP contribution >= 0.6 is 15.2 Å². The molecule has 0 aromatic rings. The summed E-state index contributed by atoms with van der Waals surface area (Å²) in [6.07, 6.45) is 5.87. The molecule has 4 N–H and O–H groups in total. The summed E-state index contributed by atoms with van der Waals surface area (Å²) in [4.78, 5) is 38.0. The smallest absolute Gasteiger partial charge is 0.352 e. The van der Waals surface area contributed by atoms with E-state index in [1.165, 1.54) is 0 Å². The lowest BCUT2D eigenvalue weighted by Gasteiger charge is -2.34. The van der Waals surface area contributed by atoms with Gasteiger partial charge in [0.25, 0.3) is 5.08 Å². The highest BCUT2D eigenvalue weighted by molar-refractivity contribution is 7.72. The van der Waals surface area contributed by atoms with Gasteiger partial charge in [-0.15, -0.1) is 0 Å². The predicted molar refractivity (Wildman–Crippen MR) is 85.7 cm³/mol. The highest BCUT2D eigenvalue weighted by atomic mass is 31.2. The van der Waals surface area contributed by atoms with Crippen molar-refractivity contribution in [3.8, 4) is 0 Å². The van der Waals surface area contributed by atoms with Crippen molar-refractivity contribution in [3.63, 3.8) is 0 Å². The van der Waals surface area contributed by atoms with Crippen LogP contribution in [0.3, 0.4) is 0 Å². The van der Waals surface area contributed by atoms with E-state index in [1.807, 2.05) is 6.92 Å². The van der Waals surface area contributed by atoms with E-state index in [0.717, 1.165) is 25.7 Å². The first-order valence-electron chi connectivity index (χ1n) is 7.87. The molecule has 0 spiro atoms. The van der Waals surface area contributed by atoms with Crippen molar-refractivity contribution >= 4 is 15.2 Å². The van der Waals surface area contributed by atoms with E-state index >= 15 is 0 Å². The van der Waals surface area contributed by atoms with Crippen molar-refractivity contribution in [2.24, 2.45) is 0 Å². The van der Waals surface area contributed by atoms with E-state index < -0.39 is 20.3 Å². The average molecular weight is 360 g/mol. The summed E-state index contributed by atoms with van der Waals surface area (Å²) >= 11 is 0. The SMILES string of the molecule is CCCCCCCCC(OCCCC)(P(=O)(O)O)P(=O)(O)O. The van der Waals surface area contributed by atoms with E-state index in [-0.39, 0.29) is 13.0 Å². The van der Waals surface area contributed by atoms with E-state index in [4.69, 9.17) is 4.74 Å². The predicted octanol–water partition coefficient (Wildman–Crippen LogP) is 3.56. The number of rotatable bonds is 13. The van der Waals surface area contributed by atoms with Gasteiger partial charge in [-0.2, -0.15) is 0 Å². The zero-order valence-electron chi connectivity index (χ0n) is 13.5. The van der Waals surface area contributed by atoms with Crippen LogP contribution < -0.4 is 0 Å². The molecule has 0 aliphatic rings. The Morgan fingerprint density at radius 2 is 1.23 bits per heavy atom. The summed E-state index contributed by atoms with van der Waals surface area (Å²) < 4.78 is 28.6. The fraction of sp³-hybridized carbons (Fsp3) is 1.00. The van der Waals surface area contributed by atoms with Crippen molar-refractivity contribution in [1.29, 1.82) is 0 Å². The van der Waals surface area contributed by atoms with Gasteiger partial charge in [0, 0.05) is 13.0 Å². The lowest BCUT2D eigenvalue weighted by molar-refractivity contribution is 0.0280. The second-order valence-electron chi connectivity index (χ2n) is 5.55. The summed E-state index contributed by atoms with van der Waals surface area (Å²) in [5.74, 6) is 0. The van der Waals surface area contributed by atoms with Gasteiger partial charge >= 0.3 is 15.2 Å². The lowest BCUT2D eigenvalue weighted by Crippen LogP contribution is -2.33. The maximum absolute atomic E-state index is 11.7. The molecule has 7 nitrogen and oxygen atoms in total. The van der Waals surface area contributed by atoms with E-state index in [1.54, 1.807) is 0 Å². The molecule has 9 heteroatoms. The summed E-state index contributed by atoms with van der Waals surface area (Å²) in [5.41, 5.74) is 0. The van der Waals surface area contributed by atoms with Crippen LogP contribution in [-0.2, 0) is 13.9 Å². The molecule has 0 atom stereocenters. The molecular formula is C13H30O7P2. The fourth-order valence-corrected chi connectivity index (χ4v) is 4.99. The molecular weight excluding hydrogens is 330 g/mol. The minimum atomic E-state index is -5.12. The third kappa shape index (κ3) is 6.79. The molecule has 0 rings (SSSR count). The summed E-state index contributed by atoms with van der Waals surface area (Å²) in [5, 5.41) is -2.69. The van der Waals surface area contributed by atoms with Gasteiger partial charge in [0.15, 0.2) is 0 Å². The quantitative estimate of drug-likeness (QED) is 0.292. The molecule has 0 saturated heterocycles. The lowest BCUT2D eigenvalue weighted by atomic mass is 10.1. The highest BCUT2D eigenvalue weighted by Crippen LogP contribution is 2.71. The molecule has 22 heavy (non-hydrogen) atoms. The molecule has 134 valence electrons. The maximum atomic E-state index is 11.7. The molecule has 0 aromatic heterocycles. The van der Waals surface area contributed by atoms with Crippen molar-refractivity contribution in [3.05, 3.63) is 0 Å². The van der Waals surface area contributed by atoms with Crippen molar-refractivity contribution in [1.82, 2.24) is 0 Å². The number of hydrogen-bond acceptors (Lipinski definition) is 3. The Balaban J connectivity index is 4.90. The maximum Gasteiger partial charge on any atom is 0.369 e. The zero-order chi connectivity index (χ0) is 17.3. The Morgan fingerprint density at radius 1 is 0.773 bits per heavy atom. The first-order chi connectivity index (χ1) is 10.1. The number of unbranched alkanes of at least 4 members (excludes halogenated alkanes) is 6. The molecule has 0 saturated carbocycles. The van der Waals surface area contributed by atoms with Crippen molar-refractivity contribution in [2.75, 3.05) is 6.61 Å². The molecule has 0 aliphatic heterocycles. The molecule has 0 unspecified atom stereocenters. The van der Waals surface area contributed by atoms with Gasteiger partial charge in [0.2, 0.25) is 0 Å². The summed E-state index contributed by atoms with van der Waals surface area (Å²) in [6, 6.07) is 0. The number of ether oxygens (including phenoxy) is 1. The molecule has 0 bridgehead atoms. The number of hydrogen-bond donors (Lipinski definition) is 4. The van der Waals surface area contributed by atoms with Gasteiger partial charge in [0.1, 0.15) is 0 Å². The van der Waals surface area contributed by atoms with Crippen LogP contribution in [0.1, 0.15) is 71.6 Å². The summed E-state index contributed by atoms with van der Waals surface area (Å²) in [6.45, 7) is 3.85. The molecule has 0 radical (unpaired) electrons. The van der Waals surface area contributed by atoms with Crippen LogP contribution in [0.15, 0.2) is 0 Å². The van der Waals surface area contributed by atoms with Crippen molar-refractivity contribution < 1.29 is 33.4 Å². The average Bonchev–Trinajstić information content (AvgIpc) is 2.38. The Morgan fingerprint density at radius 3 is 1.68 bits per heavy atom. The van der Waals surface area contributed by atoms with E-state index in [9.17, 15) is 28.7 Å². The first-order valence-corrected chi connectivity index (χ1v) is 11.1. The van der Waals surface area contributed by atoms with Crippen molar-refractivity contribution in [2.45, 2.75) is 76.7 Å². The zero-order valence-corrected chi connectivity index (χ0v) is 15.3. The second kappa shape index (κ2) is 10.2. The topological polar surface area (TPSA) is 124 Å². The Kier molecular flexibility index (Phi) is 10.3. The van der Waals surface area contributed by atoms with Gasteiger partial charge < -0.3 is 24.3 Å². The first kappa shape index (κ1) is 22.3. The van der Waals surface area contributed by atoms with Gasteiger partial charge in [-0.05, 0) is 12.8 Å². The van der Waals surface area contributed by atoms with Crippen LogP contribution in [0.5, 0.6) is 0 Å². The van der Waals surface area contributed by atoms with Crippen LogP contribution in [0.2, 0.25) is 0 Å². The monoisotopic (exact) mass is 360 g/mol. The van der Waals surface area contributed by atoms with Crippen LogP contribution in [0.4, 0.5) is 0 Å². The summed E-state index contributed by atoms with van der Waals surface area (Å²) in [7, 11) is -10.2. The Bertz CT molecular complexity index is 366. The minimum absolute atomic E-state index is 0.0808. The van der Waals surface area contributed by atoms with Gasteiger partial charge in [0.05, 0.1) is 0 Å². The molecule has 0 heterocycles. The van der Waals surface area contributed by atoms with Crippen LogP contribution in [0.25, 0.3) is 0 Å². The third-order valence-electron chi connectivity index (χ3n) is 3.60. The molecule has 0 fully saturated rings. The fourth-order valence-electron chi connectivity index (χ4n) is 2.22. The van der Waals surface area contributed by atoms with Gasteiger partial charge in [-0.25, -0.2) is 0 Å².